The lowest BCUT2D eigenvalue weighted by Gasteiger charge is -2.38. The summed E-state index contributed by atoms with van der Waals surface area (Å²) >= 11 is 0. The number of hydrogen-bond acceptors (Lipinski definition) is 2. The monoisotopic (exact) mass is 482 g/mol. The van der Waals surface area contributed by atoms with Crippen LogP contribution >= 0.6 is 0 Å². The van der Waals surface area contributed by atoms with Crippen LogP contribution in [0.15, 0.2) is 0 Å². The highest BCUT2D eigenvalue weighted by atomic mass is 32.3. The van der Waals surface area contributed by atoms with Gasteiger partial charge in [0.15, 0.2) is 6.17 Å². The van der Waals surface area contributed by atoms with E-state index >= 15 is 0 Å². The molecule has 20 heteroatoms. The van der Waals surface area contributed by atoms with Crippen molar-refractivity contribution in [3.05, 3.63) is 0 Å². The van der Waals surface area contributed by atoms with Crippen molar-refractivity contribution in [3.8, 4) is 0 Å². The van der Waals surface area contributed by atoms with E-state index in [0.717, 1.165) is 0 Å². The number of hydrogen-bond donors (Lipinski definition) is 2. The molecule has 0 aromatic carbocycles. The smallest absolute Gasteiger partial charge is 0.264 e. The molecule has 0 saturated carbocycles. The van der Waals surface area contributed by atoms with E-state index in [1.165, 1.54) is 0 Å². The quantitative estimate of drug-likeness (QED) is 0.436. The lowest BCUT2D eigenvalue weighted by Crippen LogP contribution is -2.69. The highest BCUT2D eigenvalue weighted by molar-refractivity contribution is 7.79. The molecule has 0 saturated heterocycles. The van der Waals surface area contributed by atoms with Gasteiger partial charge in [0, 0.05) is 0 Å². The fraction of sp³-hybridized carbons (Fsp3) is 1.00. The van der Waals surface area contributed by atoms with Crippen LogP contribution in [-0.2, 0) is 10.4 Å². The maximum absolute atomic E-state index is 12.7. The lowest BCUT2D eigenvalue weighted by molar-refractivity contribution is -0.428. The highest BCUT2D eigenvalue weighted by Gasteiger charge is 2.88. The van der Waals surface area contributed by atoms with Crippen LogP contribution in [0.3, 0.4) is 0 Å². The van der Waals surface area contributed by atoms with Crippen LogP contribution < -0.4 is 0 Å². The minimum Gasteiger partial charge on any atom is -0.264 e. The van der Waals surface area contributed by atoms with Gasteiger partial charge in [0.25, 0.3) is 6.43 Å². The van der Waals surface area contributed by atoms with Gasteiger partial charge in [-0.1, -0.05) is 0 Å². The van der Waals surface area contributed by atoms with Gasteiger partial charge in [-0.3, -0.25) is 9.11 Å². The predicted octanol–water partition coefficient (Wildman–Crippen LogP) is 4.38. The Morgan fingerprint density at radius 2 is 0.893 bits per heavy atom. The zero-order chi connectivity index (χ0) is 23.7. The minimum absolute atomic E-state index is 4.67. The third-order valence-electron chi connectivity index (χ3n) is 2.43. The van der Waals surface area contributed by atoms with Gasteiger partial charge in [0.2, 0.25) is 6.17 Å². The molecule has 172 valence electrons. The van der Waals surface area contributed by atoms with Crippen molar-refractivity contribution in [1.82, 2.24) is 0 Å². The summed E-state index contributed by atoms with van der Waals surface area (Å²) in [6, 6.07) is 0. The van der Waals surface area contributed by atoms with E-state index in [1.54, 1.807) is 0 Å². The van der Waals surface area contributed by atoms with Gasteiger partial charge < -0.3 is 0 Å². The number of rotatable bonds is 6. The zero-order valence-electron chi connectivity index (χ0n) is 12.0. The van der Waals surface area contributed by atoms with Crippen LogP contribution in [0.1, 0.15) is 0 Å². The second kappa shape index (κ2) is 8.28. The average Bonchev–Trinajstić information content (AvgIpc) is 2.41. The first kappa shape index (κ1) is 29.0. The first-order valence-corrected chi connectivity index (χ1v) is 7.00. The summed E-state index contributed by atoms with van der Waals surface area (Å²) in [5, 5.41) is 0. The molecule has 0 aliphatic heterocycles. The molecular weight excluding hydrogens is 477 g/mol. The number of alkyl halides is 15. The largest absolute Gasteiger partial charge is 0.460 e. The van der Waals surface area contributed by atoms with Gasteiger partial charge in [-0.15, -0.1) is 0 Å². The molecule has 0 fully saturated rings. The van der Waals surface area contributed by atoms with Crippen molar-refractivity contribution in [2.75, 3.05) is 0 Å². The second-order valence-corrected chi connectivity index (χ2v) is 5.37. The molecule has 4 nitrogen and oxygen atoms in total. The molecule has 0 aromatic heterocycles. The Balaban J connectivity index is 0. The summed E-state index contributed by atoms with van der Waals surface area (Å²) in [5.74, 6) is -31.0. The van der Waals surface area contributed by atoms with Crippen molar-refractivity contribution in [2.45, 2.75) is 48.6 Å². The van der Waals surface area contributed by atoms with Crippen LogP contribution in [0.25, 0.3) is 0 Å². The Labute approximate surface area is 143 Å². The van der Waals surface area contributed by atoms with Gasteiger partial charge in [-0.05, 0) is 0 Å². The molecule has 28 heavy (non-hydrogen) atoms. The third kappa shape index (κ3) is 5.91. The average molecular weight is 482 g/mol. The normalized spacial score (nSPS) is 17.1. The van der Waals surface area contributed by atoms with Crippen molar-refractivity contribution in [1.29, 1.82) is 0 Å². The van der Waals surface area contributed by atoms with Crippen molar-refractivity contribution in [2.24, 2.45) is 0 Å². The van der Waals surface area contributed by atoms with E-state index in [-0.39, 0.29) is 0 Å². The second-order valence-electron chi connectivity index (χ2n) is 4.47. The van der Waals surface area contributed by atoms with E-state index in [4.69, 9.17) is 17.5 Å². The molecule has 2 unspecified atom stereocenters. The fourth-order valence-corrected chi connectivity index (χ4v) is 1.09. The van der Waals surface area contributed by atoms with Crippen LogP contribution in [0.4, 0.5) is 65.9 Å². The molecule has 0 aromatic rings. The summed E-state index contributed by atoms with van der Waals surface area (Å²) in [5.41, 5.74) is 0. The molecule has 0 amide bonds. The van der Waals surface area contributed by atoms with E-state index < -0.39 is 59.0 Å². The van der Waals surface area contributed by atoms with Crippen LogP contribution in [0, 0.1) is 0 Å². The molecule has 0 spiro atoms. The summed E-state index contributed by atoms with van der Waals surface area (Å²) in [4.78, 5) is 0. The zero-order valence-corrected chi connectivity index (χ0v) is 12.8. The fourth-order valence-electron chi connectivity index (χ4n) is 1.09. The molecule has 0 bridgehead atoms. The Morgan fingerprint density at radius 3 is 1.11 bits per heavy atom. The number of halogens is 15. The molecule has 0 aliphatic rings. The van der Waals surface area contributed by atoms with E-state index in [2.05, 4.69) is 0 Å². The van der Waals surface area contributed by atoms with Crippen molar-refractivity contribution < 1.29 is 83.4 Å². The van der Waals surface area contributed by atoms with Crippen LogP contribution in [0.2, 0.25) is 0 Å². The molecule has 0 rings (SSSR count). The first-order chi connectivity index (χ1) is 11.8. The Kier molecular flexibility index (Phi) is 8.59. The maximum Gasteiger partial charge on any atom is 0.460 e. The van der Waals surface area contributed by atoms with Crippen LogP contribution in [-0.4, -0.2) is 66.2 Å². The van der Waals surface area contributed by atoms with Gasteiger partial charge in [0.1, 0.15) is 0 Å². The van der Waals surface area contributed by atoms with Gasteiger partial charge in [0.05, 0.1) is 0 Å². The lowest BCUT2D eigenvalue weighted by atomic mass is 9.93. The summed E-state index contributed by atoms with van der Waals surface area (Å²) in [6.45, 7) is 0. The SMILES string of the molecule is FC(F)C(F)C(F)C(F)(F)C(F)(F)C(F)(F)C(F)(F)C(F)(F)F.O=S(=O)(O)O. The summed E-state index contributed by atoms with van der Waals surface area (Å²) in [6.07, 6.45) is -22.6. The summed E-state index contributed by atoms with van der Waals surface area (Å²) < 4.78 is 215. The van der Waals surface area contributed by atoms with Crippen LogP contribution in [0.5, 0.6) is 0 Å². The summed E-state index contributed by atoms with van der Waals surface area (Å²) in [7, 11) is -4.67. The molecular formula is C8H5F15O4S. The maximum atomic E-state index is 12.7. The van der Waals surface area contributed by atoms with Gasteiger partial charge in [-0.25, -0.2) is 17.6 Å². The predicted molar refractivity (Wildman–Crippen MR) is 55.8 cm³/mol. The topological polar surface area (TPSA) is 74.6 Å². The first-order valence-electron chi connectivity index (χ1n) is 5.61. The van der Waals surface area contributed by atoms with E-state index in [9.17, 15) is 65.9 Å². The van der Waals surface area contributed by atoms with Gasteiger partial charge >= 0.3 is 40.3 Å². The minimum atomic E-state index is -7.98. The molecule has 2 atom stereocenters. The highest BCUT2D eigenvalue weighted by Crippen LogP contribution is 2.58. The Bertz CT molecular complexity index is 604. The van der Waals surface area contributed by atoms with Crippen molar-refractivity contribution in [3.63, 3.8) is 0 Å². The Morgan fingerprint density at radius 1 is 0.607 bits per heavy atom. The molecule has 0 radical (unpaired) electrons. The van der Waals surface area contributed by atoms with E-state index in [1.807, 2.05) is 0 Å². The standard InChI is InChI=1S/C8H3F15.H2O4S/c9-1(3(11)12)2(10)4(13,14)5(15,16)6(17,18)7(19,20)8(21,22)23;1-5(2,3)4/h1-3H;(H2,1,2,3,4). The van der Waals surface area contributed by atoms with Gasteiger partial charge in [-0.2, -0.15) is 56.7 Å². The van der Waals surface area contributed by atoms with E-state index in [0.29, 0.717) is 0 Å². The third-order valence-corrected chi connectivity index (χ3v) is 2.43. The molecule has 0 aliphatic carbocycles. The van der Waals surface area contributed by atoms with Crippen molar-refractivity contribution >= 4 is 10.4 Å². The Hall–Kier alpha value is -1.18. The molecule has 0 heterocycles. The molecule has 2 N–H and O–H groups in total.